The minimum atomic E-state index is 1.09. The van der Waals surface area contributed by atoms with E-state index in [1.54, 1.807) is 0 Å². The Kier molecular flexibility index (Phi) is 5.65. The number of benzene rings is 1. The van der Waals surface area contributed by atoms with Gasteiger partial charge in [0.05, 0.1) is 0 Å². The molecule has 0 N–H and O–H groups in total. The first-order chi connectivity index (χ1) is 11.3. The van der Waals surface area contributed by atoms with Crippen LogP contribution in [0.3, 0.4) is 0 Å². The van der Waals surface area contributed by atoms with Crippen molar-refractivity contribution in [2.45, 2.75) is 26.2 Å². The number of anilines is 1. The van der Waals surface area contributed by atoms with Gasteiger partial charge in [0, 0.05) is 25.3 Å². The summed E-state index contributed by atoms with van der Waals surface area (Å²) in [5, 5.41) is 0. The molecule has 1 aromatic carbocycles. The van der Waals surface area contributed by atoms with Crippen molar-refractivity contribution in [1.82, 2.24) is 9.88 Å². The number of nitrogens with zero attached hydrogens (tertiary/aromatic N) is 3. The highest BCUT2D eigenvalue weighted by atomic mass is 15.2. The van der Waals surface area contributed by atoms with Gasteiger partial charge in [-0.1, -0.05) is 36.4 Å². The van der Waals surface area contributed by atoms with Crippen LogP contribution in [0.1, 0.15) is 24.1 Å². The Labute approximate surface area is 140 Å². The van der Waals surface area contributed by atoms with Gasteiger partial charge < -0.3 is 9.80 Å². The molecule has 1 aromatic heterocycles. The average molecular weight is 309 g/mol. The van der Waals surface area contributed by atoms with Crippen LogP contribution in [-0.4, -0.2) is 42.6 Å². The van der Waals surface area contributed by atoms with E-state index in [2.05, 4.69) is 70.2 Å². The molecule has 1 saturated heterocycles. The van der Waals surface area contributed by atoms with Crippen LogP contribution in [0.25, 0.3) is 0 Å². The van der Waals surface area contributed by atoms with E-state index < -0.39 is 0 Å². The van der Waals surface area contributed by atoms with Crippen LogP contribution in [0.4, 0.5) is 5.82 Å². The van der Waals surface area contributed by atoms with Crippen LogP contribution in [0.15, 0.2) is 48.5 Å². The van der Waals surface area contributed by atoms with E-state index in [9.17, 15) is 0 Å². The molecule has 3 heteroatoms. The Morgan fingerprint density at radius 2 is 1.78 bits per heavy atom. The highest BCUT2D eigenvalue weighted by Gasteiger charge is 2.15. The van der Waals surface area contributed by atoms with Crippen molar-refractivity contribution in [1.29, 1.82) is 0 Å². The Morgan fingerprint density at radius 1 is 0.913 bits per heavy atom. The largest absolute Gasteiger partial charge is 0.355 e. The lowest BCUT2D eigenvalue weighted by Crippen LogP contribution is -2.32. The number of hydrogen-bond acceptors (Lipinski definition) is 3. The third-order valence-electron chi connectivity index (χ3n) is 4.57. The molecule has 2 heterocycles. The monoisotopic (exact) mass is 309 g/mol. The Bertz CT molecular complexity index is 597. The predicted molar refractivity (Wildman–Crippen MR) is 97.0 cm³/mol. The first-order valence-electron chi connectivity index (χ1n) is 8.76. The third-order valence-corrected chi connectivity index (χ3v) is 4.57. The van der Waals surface area contributed by atoms with Crippen molar-refractivity contribution in [3.8, 4) is 0 Å². The van der Waals surface area contributed by atoms with Crippen molar-refractivity contribution in [2.24, 2.45) is 0 Å². The molecule has 0 unspecified atom stereocenters. The molecule has 0 radical (unpaired) electrons. The fourth-order valence-corrected chi connectivity index (χ4v) is 3.28. The zero-order valence-corrected chi connectivity index (χ0v) is 14.1. The van der Waals surface area contributed by atoms with E-state index in [0.717, 1.165) is 31.1 Å². The van der Waals surface area contributed by atoms with Crippen molar-refractivity contribution >= 4 is 5.82 Å². The summed E-state index contributed by atoms with van der Waals surface area (Å²) in [7, 11) is 0. The zero-order valence-electron chi connectivity index (χ0n) is 14.1. The molecule has 0 bridgehead atoms. The van der Waals surface area contributed by atoms with Gasteiger partial charge in [-0.2, -0.15) is 0 Å². The second kappa shape index (κ2) is 8.11. The lowest BCUT2D eigenvalue weighted by molar-refractivity contribution is 0.290. The van der Waals surface area contributed by atoms with E-state index in [4.69, 9.17) is 0 Å². The van der Waals surface area contributed by atoms with Crippen LogP contribution in [0.2, 0.25) is 0 Å². The molecule has 1 aliphatic rings. The van der Waals surface area contributed by atoms with E-state index in [1.165, 1.54) is 37.9 Å². The normalized spacial score (nSPS) is 16.3. The molecule has 2 aromatic rings. The number of aryl methyl sites for hydroxylation is 2. The molecule has 0 amide bonds. The summed E-state index contributed by atoms with van der Waals surface area (Å²) in [6.45, 7) is 7.82. The lowest BCUT2D eigenvalue weighted by atomic mass is 10.1. The van der Waals surface area contributed by atoms with Crippen LogP contribution in [0.5, 0.6) is 0 Å². The first kappa shape index (κ1) is 16.0. The molecular weight excluding hydrogens is 282 g/mol. The van der Waals surface area contributed by atoms with Gasteiger partial charge in [0.15, 0.2) is 0 Å². The summed E-state index contributed by atoms with van der Waals surface area (Å²) in [5.74, 6) is 1.14. The fraction of sp³-hybridized carbons (Fsp3) is 0.450. The smallest absolute Gasteiger partial charge is 0.128 e. The molecule has 1 fully saturated rings. The minimum Gasteiger partial charge on any atom is -0.355 e. The molecule has 3 rings (SSSR count). The number of hydrogen-bond donors (Lipinski definition) is 0. The quantitative estimate of drug-likeness (QED) is 0.842. The third kappa shape index (κ3) is 4.80. The standard InChI is InChI=1S/C20H27N3/c1-18-8-5-12-20(21-18)23-15-7-14-22(16-17-23)13-6-11-19-9-3-2-4-10-19/h2-5,8-10,12H,6-7,11,13-17H2,1H3. The van der Waals surface area contributed by atoms with Gasteiger partial charge in [0.2, 0.25) is 0 Å². The van der Waals surface area contributed by atoms with Gasteiger partial charge >= 0.3 is 0 Å². The Balaban J connectivity index is 1.47. The van der Waals surface area contributed by atoms with Gasteiger partial charge in [-0.25, -0.2) is 4.98 Å². The minimum absolute atomic E-state index is 1.09. The maximum Gasteiger partial charge on any atom is 0.128 e. The average Bonchev–Trinajstić information content (AvgIpc) is 2.82. The van der Waals surface area contributed by atoms with E-state index >= 15 is 0 Å². The number of aromatic nitrogens is 1. The molecule has 23 heavy (non-hydrogen) atoms. The summed E-state index contributed by atoms with van der Waals surface area (Å²) in [4.78, 5) is 9.72. The Morgan fingerprint density at radius 3 is 2.61 bits per heavy atom. The summed E-state index contributed by atoms with van der Waals surface area (Å²) < 4.78 is 0. The highest BCUT2D eigenvalue weighted by Crippen LogP contribution is 2.14. The van der Waals surface area contributed by atoms with Gasteiger partial charge in [-0.15, -0.1) is 0 Å². The topological polar surface area (TPSA) is 19.4 Å². The summed E-state index contributed by atoms with van der Waals surface area (Å²) in [5.41, 5.74) is 2.55. The Hall–Kier alpha value is -1.87. The second-order valence-corrected chi connectivity index (χ2v) is 6.41. The van der Waals surface area contributed by atoms with Crippen LogP contribution >= 0.6 is 0 Å². The van der Waals surface area contributed by atoms with E-state index in [-0.39, 0.29) is 0 Å². The van der Waals surface area contributed by atoms with Gasteiger partial charge in [-0.05, 0) is 57.0 Å². The highest BCUT2D eigenvalue weighted by molar-refractivity contribution is 5.39. The van der Waals surface area contributed by atoms with E-state index in [0.29, 0.717) is 0 Å². The molecule has 0 aliphatic carbocycles. The van der Waals surface area contributed by atoms with Crippen molar-refractivity contribution in [3.05, 3.63) is 59.8 Å². The van der Waals surface area contributed by atoms with Crippen molar-refractivity contribution in [2.75, 3.05) is 37.6 Å². The predicted octanol–water partition coefficient (Wildman–Crippen LogP) is 3.53. The summed E-state index contributed by atoms with van der Waals surface area (Å²) in [6, 6.07) is 17.1. The molecule has 0 saturated carbocycles. The van der Waals surface area contributed by atoms with Crippen LogP contribution in [-0.2, 0) is 6.42 Å². The maximum absolute atomic E-state index is 4.67. The molecule has 122 valence electrons. The maximum atomic E-state index is 4.67. The lowest BCUT2D eigenvalue weighted by Gasteiger charge is -2.23. The molecule has 1 aliphatic heterocycles. The van der Waals surface area contributed by atoms with Gasteiger partial charge in [0.25, 0.3) is 0 Å². The second-order valence-electron chi connectivity index (χ2n) is 6.41. The number of pyridine rings is 1. The SMILES string of the molecule is Cc1cccc(N2CCCN(CCCc3ccccc3)CC2)n1. The summed E-state index contributed by atoms with van der Waals surface area (Å²) in [6.07, 6.45) is 3.65. The first-order valence-corrected chi connectivity index (χ1v) is 8.76. The molecular formula is C20H27N3. The van der Waals surface area contributed by atoms with Gasteiger partial charge in [0.1, 0.15) is 5.82 Å². The van der Waals surface area contributed by atoms with Gasteiger partial charge in [-0.3, -0.25) is 0 Å². The summed E-state index contributed by atoms with van der Waals surface area (Å²) >= 11 is 0. The molecule has 0 atom stereocenters. The van der Waals surface area contributed by atoms with Crippen LogP contribution < -0.4 is 4.90 Å². The number of rotatable bonds is 5. The fourth-order valence-electron chi connectivity index (χ4n) is 3.28. The van der Waals surface area contributed by atoms with Crippen molar-refractivity contribution < 1.29 is 0 Å². The van der Waals surface area contributed by atoms with Crippen molar-refractivity contribution in [3.63, 3.8) is 0 Å². The van der Waals surface area contributed by atoms with Crippen LogP contribution in [0, 0.1) is 6.92 Å². The molecule has 0 spiro atoms. The zero-order chi connectivity index (χ0) is 15.9. The van der Waals surface area contributed by atoms with E-state index in [1.807, 2.05) is 0 Å². The molecule has 3 nitrogen and oxygen atoms in total.